The first-order valence-electron chi connectivity index (χ1n) is 3.38. The van der Waals surface area contributed by atoms with Crippen molar-refractivity contribution in [3.05, 3.63) is 0 Å². The van der Waals surface area contributed by atoms with Gasteiger partial charge in [-0.15, -0.1) is 0 Å². The average molecular weight is 158 g/mol. The lowest BCUT2D eigenvalue weighted by Crippen LogP contribution is -2.54. The number of aliphatic hydroxyl groups excluding tert-OH is 1. The van der Waals surface area contributed by atoms with Crippen molar-refractivity contribution in [1.29, 1.82) is 0 Å². The number of amides is 2. The minimum Gasteiger partial charge on any atom is -0.390 e. The number of nitrogens with two attached hydrogens (primary N) is 1. The molecular formula is C6H10N2O3. The van der Waals surface area contributed by atoms with Gasteiger partial charge in [-0.1, -0.05) is 0 Å². The maximum Gasteiger partial charge on any atom is 0.242 e. The fourth-order valence-corrected chi connectivity index (χ4v) is 1.05. The van der Waals surface area contributed by atoms with Gasteiger partial charge in [0.05, 0.1) is 6.10 Å². The fourth-order valence-electron chi connectivity index (χ4n) is 1.05. The van der Waals surface area contributed by atoms with Gasteiger partial charge in [0.15, 0.2) is 0 Å². The first-order valence-corrected chi connectivity index (χ1v) is 3.38. The molecule has 0 aromatic heterocycles. The summed E-state index contributed by atoms with van der Waals surface area (Å²) in [7, 11) is 0. The Labute approximate surface area is 63.6 Å². The largest absolute Gasteiger partial charge is 0.390 e. The molecule has 2 amide bonds. The van der Waals surface area contributed by atoms with E-state index < -0.39 is 18.1 Å². The van der Waals surface area contributed by atoms with Crippen LogP contribution < -0.4 is 11.1 Å². The first kappa shape index (κ1) is 8.00. The Balaban J connectivity index is 2.61. The Kier molecular flexibility index (Phi) is 2.09. The smallest absolute Gasteiger partial charge is 0.242 e. The van der Waals surface area contributed by atoms with Crippen LogP contribution in [0.2, 0.25) is 0 Å². The Morgan fingerprint density at radius 2 is 2.36 bits per heavy atom. The Morgan fingerprint density at radius 3 is 2.82 bits per heavy atom. The summed E-state index contributed by atoms with van der Waals surface area (Å²) in [6.45, 7) is 0. The molecule has 1 fully saturated rings. The number of carbonyl (C=O) groups is 2. The highest BCUT2D eigenvalue weighted by molar-refractivity contribution is 5.88. The number of aliphatic hydroxyl groups is 1. The molecule has 0 saturated carbocycles. The minimum absolute atomic E-state index is 0.237. The predicted octanol–water partition coefficient (Wildman–Crippen LogP) is -1.89. The van der Waals surface area contributed by atoms with Crippen molar-refractivity contribution in [1.82, 2.24) is 5.32 Å². The third-order valence-corrected chi connectivity index (χ3v) is 1.67. The topological polar surface area (TPSA) is 92.4 Å². The summed E-state index contributed by atoms with van der Waals surface area (Å²) >= 11 is 0. The first-order chi connectivity index (χ1) is 5.11. The predicted molar refractivity (Wildman–Crippen MR) is 36.4 cm³/mol. The summed E-state index contributed by atoms with van der Waals surface area (Å²) in [6, 6.07) is -0.906. The molecule has 0 radical (unpaired) electrons. The van der Waals surface area contributed by atoms with Crippen LogP contribution in [0.4, 0.5) is 0 Å². The average Bonchev–Trinajstić information content (AvgIpc) is 1.94. The number of nitrogens with one attached hydrogen (secondary N) is 1. The van der Waals surface area contributed by atoms with E-state index in [4.69, 9.17) is 10.8 Å². The van der Waals surface area contributed by atoms with E-state index in [1.807, 2.05) is 0 Å². The molecule has 1 heterocycles. The normalized spacial score (nSPS) is 31.2. The molecule has 0 aromatic rings. The third kappa shape index (κ3) is 1.68. The minimum atomic E-state index is -0.906. The van der Waals surface area contributed by atoms with Crippen molar-refractivity contribution in [2.24, 2.45) is 5.73 Å². The number of hydrogen-bond donors (Lipinski definition) is 3. The van der Waals surface area contributed by atoms with Crippen LogP contribution in [0.25, 0.3) is 0 Å². The quantitative estimate of drug-likeness (QED) is 0.416. The van der Waals surface area contributed by atoms with Gasteiger partial charge in [-0.3, -0.25) is 9.59 Å². The SMILES string of the molecule is NC(=O)C1NC(=O)CCC1O. The van der Waals surface area contributed by atoms with Crippen LogP contribution in [0.15, 0.2) is 0 Å². The summed E-state index contributed by atoms with van der Waals surface area (Å²) < 4.78 is 0. The van der Waals surface area contributed by atoms with Crippen molar-refractivity contribution in [3.8, 4) is 0 Å². The molecular weight excluding hydrogens is 148 g/mol. The molecule has 1 aliphatic rings. The van der Waals surface area contributed by atoms with Gasteiger partial charge >= 0.3 is 0 Å². The van der Waals surface area contributed by atoms with Gasteiger partial charge < -0.3 is 16.2 Å². The fraction of sp³-hybridized carbons (Fsp3) is 0.667. The zero-order valence-electron chi connectivity index (χ0n) is 5.91. The van der Waals surface area contributed by atoms with Crippen molar-refractivity contribution in [2.75, 3.05) is 0 Å². The van der Waals surface area contributed by atoms with Crippen LogP contribution in [0.5, 0.6) is 0 Å². The lowest BCUT2D eigenvalue weighted by molar-refractivity contribution is -0.133. The summed E-state index contributed by atoms with van der Waals surface area (Å²) in [6.07, 6.45) is -0.269. The number of primary amides is 1. The maximum atomic E-state index is 10.7. The lowest BCUT2D eigenvalue weighted by atomic mass is 10.0. The monoisotopic (exact) mass is 158 g/mol. The van der Waals surface area contributed by atoms with Crippen molar-refractivity contribution < 1.29 is 14.7 Å². The molecule has 5 nitrogen and oxygen atoms in total. The van der Waals surface area contributed by atoms with Crippen molar-refractivity contribution in [2.45, 2.75) is 25.0 Å². The summed E-state index contributed by atoms with van der Waals surface area (Å²) in [5, 5.41) is 11.4. The number of hydrogen-bond acceptors (Lipinski definition) is 3. The van der Waals surface area contributed by atoms with E-state index in [-0.39, 0.29) is 12.3 Å². The Hall–Kier alpha value is -1.10. The highest BCUT2D eigenvalue weighted by Gasteiger charge is 2.30. The second-order valence-electron chi connectivity index (χ2n) is 2.55. The van der Waals surface area contributed by atoms with E-state index >= 15 is 0 Å². The van der Waals surface area contributed by atoms with Crippen molar-refractivity contribution in [3.63, 3.8) is 0 Å². The summed E-state index contributed by atoms with van der Waals surface area (Å²) in [4.78, 5) is 21.3. The van der Waals surface area contributed by atoms with E-state index in [2.05, 4.69) is 5.32 Å². The molecule has 2 unspecified atom stereocenters. The molecule has 1 aliphatic heterocycles. The molecule has 0 aliphatic carbocycles. The van der Waals surface area contributed by atoms with Gasteiger partial charge in [-0.25, -0.2) is 0 Å². The Morgan fingerprint density at radius 1 is 1.73 bits per heavy atom. The highest BCUT2D eigenvalue weighted by atomic mass is 16.3. The van der Waals surface area contributed by atoms with Crippen LogP contribution in [0, 0.1) is 0 Å². The standard InChI is InChI=1S/C6H10N2O3/c7-6(11)5-3(9)1-2-4(10)8-5/h3,5,9H,1-2H2,(H2,7,11)(H,8,10). The molecule has 1 rings (SSSR count). The van der Waals surface area contributed by atoms with Crippen molar-refractivity contribution >= 4 is 11.8 Å². The van der Waals surface area contributed by atoms with Crippen LogP contribution in [-0.4, -0.2) is 29.1 Å². The number of carbonyl (C=O) groups excluding carboxylic acids is 2. The van der Waals surface area contributed by atoms with Gasteiger partial charge in [0.25, 0.3) is 0 Å². The summed E-state index contributed by atoms with van der Waals surface area (Å²) in [5.41, 5.74) is 4.91. The van der Waals surface area contributed by atoms with E-state index in [0.717, 1.165) is 0 Å². The van der Waals surface area contributed by atoms with Crippen LogP contribution in [-0.2, 0) is 9.59 Å². The maximum absolute atomic E-state index is 10.7. The van der Waals surface area contributed by atoms with E-state index in [9.17, 15) is 9.59 Å². The second-order valence-corrected chi connectivity index (χ2v) is 2.55. The third-order valence-electron chi connectivity index (χ3n) is 1.67. The van der Waals surface area contributed by atoms with E-state index in [1.165, 1.54) is 0 Å². The van der Waals surface area contributed by atoms with Crippen LogP contribution in [0.3, 0.4) is 0 Å². The van der Waals surface area contributed by atoms with Gasteiger partial charge in [-0.05, 0) is 6.42 Å². The zero-order valence-corrected chi connectivity index (χ0v) is 5.91. The molecule has 0 spiro atoms. The molecule has 0 aromatic carbocycles. The lowest BCUT2D eigenvalue weighted by Gasteiger charge is -2.25. The molecule has 62 valence electrons. The number of rotatable bonds is 1. The highest BCUT2D eigenvalue weighted by Crippen LogP contribution is 2.08. The van der Waals surface area contributed by atoms with Gasteiger partial charge in [0.2, 0.25) is 11.8 Å². The molecule has 4 N–H and O–H groups in total. The molecule has 0 bridgehead atoms. The van der Waals surface area contributed by atoms with E-state index in [1.54, 1.807) is 0 Å². The second kappa shape index (κ2) is 2.87. The molecule has 5 heteroatoms. The molecule has 11 heavy (non-hydrogen) atoms. The van der Waals surface area contributed by atoms with Crippen LogP contribution >= 0.6 is 0 Å². The van der Waals surface area contributed by atoms with Crippen LogP contribution in [0.1, 0.15) is 12.8 Å². The van der Waals surface area contributed by atoms with Gasteiger partial charge in [0, 0.05) is 6.42 Å². The summed E-state index contributed by atoms with van der Waals surface area (Å²) in [5.74, 6) is -0.926. The zero-order chi connectivity index (χ0) is 8.43. The molecule has 2 atom stereocenters. The Bertz CT molecular complexity index is 192. The van der Waals surface area contributed by atoms with E-state index in [0.29, 0.717) is 6.42 Å². The van der Waals surface area contributed by atoms with Gasteiger partial charge in [-0.2, -0.15) is 0 Å². The van der Waals surface area contributed by atoms with Gasteiger partial charge in [0.1, 0.15) is 6.04 Å². The number of piperidine rings is 1. The molecule has 1 saturated heterocycles.